The number of aromatic hydroxyl groups is 2. The largest absolute Gasteiger partial charge is 0.508 e. The Hall–Kier alpha value is -5.23. The van der Waals surface area contributed by atoms with Crippen LogP contribution in [0.2, 0.25) is 0 Å². The number of esters is 1. The molecule has 406 valence electrons. The monoisotopic (exact) mass is 1080 g/mol. The van der Waals surface area contributed by atoms with Gasteiger partial charge in [0.25, 0.3) is 0 Å². The van der Waals surface area contributed by atoms with Crippen LogP contribution < -0.4 is 35.9 Å². The van der Waals surface area contributed by atoms with Gasteiger partial charge in [0.15, 0.2) is 18.3 Å². The first kappa shape index (κ1) is 52.5. The highest BCUT2D eigenvalue weighted by Crippen LogP contribution is 2.64. The van der Waals surface area contributed by atoms with E-state index in [0.29, 0.717) is 72.9 Å². The van der Waals surface area contributed by atoms with E-state index >= 15 is 0 Å². The first-order chi connectivity index (χ1) is 37.5. The average molecular weight is 1080 g/mol. The number of hydrogen-bond acceptors (Lipinski definition) is 15. The summed E-state index contributed by atoms with van der Waals surface area (Å²) in [7, 11) is 5.50. The molecule has 77 heavy (non-hydrogen) atoms. The summed E-state index contributed by atoms with van der Waals surface area (Å²) in [5, 5.41) is 46.2. The van der Waals surface area contributed by atoms with Gasteiger partial charge in [-0.1, -0.05) is 77.1 Å². The van der Waals surface area contributed by atoms with Crippen LogP contribution in [0.4, 0.5) is 0 Å². The van der Waals surface area contributed by atoms with Crippen molar-refractivity contribution in [3.8, 4) is 63.6 Å². The molecule has 1 spiro atoms. The van der Waals surface area contributed by atoms with Gasteiger partial charge in [-0.3, -0.25) is 4.79 Å². The van der Waals surface area contributed by atoms with E-state index in [1.54, 1.807) is 13.2 Å². The van der Waals surface area contributed by atoms with Crippen LogP contribution in [0.15, 0.2) is 53.3 Å². The third kappa shape index (κ3) is 10.0. The lowest BCUT2D eigenvalue weighted by molar-refractivity contribution is -0.141. The van der Waals surface area contributed by atoms with Gasteiger partial charge in [0.1, 0.15) is 42.0 Å². The van der Waals surface area contributed by atoms with E-state index in [4.69, 9.17) is 29.4 Å². The van der Waals surface area contributed by atoms with E-state index in [-0.39, 0.29) is 42.1 Å². The molecular weight excluding hydrogens is 1010 g/mol. The fourth-order valence-electron chi connectivity index (χ4n) is 14.5. The number of rotatable bonds is 7. The van der Waals surface area contributed by atoms with E-state index in [0.717, 1.165) is 119 Å². The Kier molecular flexibility index (Phi) is 15.1. The number of phenols is 2. The Bertz CT molecular complexity index is 3060. The van der Waals surface area contributed by atoms with E-state index < -0.39 is 42.3 Å². The molecule has 3 aliphatic carbocycles. The van der Waals surface area contributed by atoms with Crippen molar-refractivity contribution in [3.05, 3.63) is 92.2 Å². The third-order valence-electron chi connectivity index (χ3n) is 18.0. The molecule has 2 saturated carbocycles. The number of dihydropyridines is 1. The summed E-state index contributed by atoms with van der Waals surface area (Å²) >= 11 is 0. The van der Waals surface area contributed by atoms with Crippen molar-refractivity contribution in [1.82, 2.24) is 16.0 Å². The Morgan fingerprint density at radius 2 is 1.91 bits per heavy atom. The van der Waals surface area contributed by atoms with Gasteiger partial charge in [-0.2, -0.15) is 0 Å². The molecule has 15 heteroatoms. The number of nitrogens with two attached hydrogens (primary N) is 1. The van der Waals surface area contributed by atoms with Gasteiger partial charge in [-0.25, -0.2) is 0 Å². The number of ether oxygens (including phenoxy) is 5. The molecule has 11 unspecified atom stereocenters. The van der Waals surface area contributed by atoms with Crippen LogP contribution in [-0.2, 0) is 32.6 Å². The number of methoxy groups -OCH3 is 1. The van der Waals surface area contributed by atoms with Crippen LogP contribution in [0.25, 0.3) is 17.2 Å². The topological polar surface area (TPSA) is 186 Å². The van der Waals surface area contributed by atoms with Crippen molar-refractivity contribution in [2.24, 2.45) is 23.5 Å². The highest BCUT2D eigenvalue weighted by atomic mass is 33.1. The molecule has 11 atom stereocenters. The molecule has 1 saturated heterocycles. The summed E-state index contributed by atoms with van der Waals surface area (Å²) in [6.07, 6.45) is 16.0. The number of benzene rings is 3. The molecule has 0 amide bonds. The number of carbonyl (C=O) groups is 1. The molecule has 0 aromatic heterocycles. The maximum absolute atomic E-state index is 13.2. The number of fused-ring (bicyclic) bond motifs is 10. The van der Waals surface area contributed by atoms with Crippen molar-refractivity contribution in [3.63, 3.8) is 0 Å². The van der Waals surface area contributed by atoms with Crippen molar-refractivity contribution < 1.29 is 43.8 Å². The molecule has 6 heterocycles. The second kappa shape index (κ2) is 22.1. The fourth-order valence-corrected chi connectivity index (χ4v) is 17.1. The molecule has 8 N–H and O–H groups in total. The van der Waals surface area contributed by atoms with Gasteiger partial charge in [0.2, 0.25) is 0 Å². The summed E-state index contributed by atoms with van der Waals surface area (Å²) in [4.78, 5) is 13.1. The quantitative estimate of drug-likeness (QED) is 0.0514. The zero-order chi connectivity index (χ0) is 53.0. The van der Waals surface area contributed by atoms with Crippen LogP contribution in [-0.4, -0.2) is 90.8 Å². The second-order valence-electron chi connectivity index (χ2n) is 22.9. The normalized spacial score (nSPS) is 30.7. The zero-order valence-corrected chi connectivity index (χ0v) is 46.1. The van der Waals surface area contributed by atoms with Gasteiger partial charge in [-0.05, 0) is 128 Å². The van der Waals surface area contributed by atoms with Crippen molar-refractivity contribution in [2.45, 2.75) is 145 Å². The van der Waals surface area contributed by atoms with Gasteiger partial charge in [0, 0.05) is 96.0 Å². The molecule has 0 radical (unpaired) electrons. The molecule has 9 aliphatic rings. The molecule has 13 nitrogen and oxygen atoms in total. The molecule has 6 aliphatic heterocycles. The van der Waals surface area contributed by atoms with Crippen molar-refractivity contribution in [1.29, 1.82) is 0 Å². The molecule has 6 bridgehead atoms. The lowest BCUT2D eigenvalue weighted by atomic mass is 9.65. The molecule has 3 aromatic carbocycles. The Morgan fingerprint density at radius 1 is 1.03 bits per heavy atom. The summed E-state index contributed by atoms with van der Waals surface area (Å²) in [6.45, 7) is 4.54. The Morgan fingerprint density at radius 3 is 2.75 bits per heavy atom. The molecule has 3 aromatic rings. The number of allylic oxidation sites excluding steroid dienone is 3. The number of aliphatic hydroxyl groups excluding tert-OH is 1. The first-order valence-corrected chi connectivity index (χ1v) is 30.5. The SMILES string of the molecule is CCC1=CC2=C(C#CC3C#CCC(COC)CCNCc4c(O)c5c(c(c43)C3Oc4c(ccc6c4C4(CCC(C2)C4)Cc2cc(O)cc(OCO)c2-6)C3COC(C)=O)C=CC2NC3CCCC(CSSCC2O5)C3)NC1N. The van der Waals surface area contributed by atoms with E-state index in [2.05, 4.69) is 76.9 Å². The number of phenolic OH excluding ortho intramolecular Hbond substituents is 2. The number of hydrogen-bond donors (Lipinski definition) is 7. The van der Waals surface area contributed by atoms with Gasteiger partial charge < -0.3 is 60.7 Å². The Balaban J connectivity index is 1.15. The predicted molar refractivity (Wildman–Crippen MR) is 302 cm³/mol. The summed E-state index contributed by atoms with van der Waals surface area (Å²) in [6, 6.07) is 7.85. The average Bonchev–Trinajstić information content (AvgIpc) is 4.19. The van der Waals surface area contributed by atoms with Crippen LogP contribution in [0.5, 0.6) is 28.7 Å². The maximum Gasteiger partial charge on any atom is 0.302 e. The number of nitrogens with one attached hydrogen (secondary N) is 3. The van der Waals surface area contributed by atoms with Gasteiger partial charge >= 0.3 is 5.97 Å². The zero-order valence-electron chi connectivity index (χ0n) is 44.4. The standard InChI is InChI=1S/C62H72N4O9S2/c1-4-38-23-40-21-36-17-19-62(26-36)27-41-24-43(69)25-51(73-33-67)53(41)45-13-12-44-48(30-72-34(2)68)58(75-59(44)56(45)62)55-46-14-16-50-52(32-77-76-31-37-8-6-10-42(22-37)65-50)74-60(46)57(70)47-28-64-20-18-35(29-71-3)7-5-9-39(54(47)55)11-15-49(40)66-61(38)63/h12-14,16,23-25,35-37,39,42,48,50,52,58,61,64-67,69-70H,4,6-8,10,17-22,26-33,63H2,1-3H3. The minimum absolute atomic E-state index is 0.0202. The van der Waals surface area contributed by atoms with Gasteiger partial charge in [0.05, 0.1) is 23.8 Å². The molecular formula is C62H72N4O9S2. The highest BCUT2D eigenvalue weighted by molar-refractivity contribution is 8.76. The first-order valence-electron chi connectivity index (χ1n) is 28.0. The third-order valence-corrected chi connectivity index (χ3v) is 20.6. The smallest absolute Gasteiger partial charge is 0.302 e. The summed E-state index contributed by atoms with van der Waals surface area (Å²) in [5.41, 5.74) is 17.0. The minimum atomic E-state index is -0.779. The van der Waals surface area contributed by atoms with Gasteiger partial charge in [-0.15, -0.1) is 5.92 Å². The van der Waals surface area contributed by atoms with Crippen LogP contribution in [0.3, 0.4) is 0 Å². The minimum Gasteiger partial charge on any atom is -0.508 e. The van der Waals surface area contributed by atoms with Crippen LogP contribution >= 0.6 is 21.6 Å². The van der Waals surface area contributed by atoms with E-state index in [1.165, 1.54) is 19.8 Å². The fraction of sp³-hybridized carbons (Fsp3) is 0.532. The number of carbonyl (C=O) groups excluding carboxylic acids is 1. The van der Waals surface area contributed by atoms with Crippen molar-refractivity contribution in [2.75, 3.05) is 45.2 Å². The number of aliphatic hydroxyl groups is 1. The van der Waals surface area contributed by atoms with Crippen LogP contribution in [0, 0.1) is 41.4 Å². The molecule has 12 rings (SSSR count). The molecule has 3 fully saturated rings. The van der Waals surface area contributed by atoms with Crippen LogP contribution in [0.1, 0.15) is 141 Å². The highest BCUT2D eigenvalue weighted by Gasteiger charge is 2.52. The lowest BCUT2D eigenvalue weighted by Gasteiger charge is -2.39. The summed E-state index contributed by atoms with van der Waals surface area (Å²) < 4.78 is 33.1. The maximum atomic E-state index is 13.2. The predicted octanol–water partition coefficient (Wildman–Crippen LogP) is 9.27. The second-order valence-corrected chi connectivity index (χ2v) is 25.4. The van der Waals surface area contributed by atoms with E-state index in [1.807, 2.05) is 27.7 Å². The van der Waals surface area contributed by atoms with Crippen molar-refractivity contribution >= 4 is 33.6 Å². The summed E-state index contributed by atoms with van der Waals surface area (Å²) in [5.74, 6) is 17.6. The van der Waals surface area contributed by atoms with E-state index in [9.17, 15) is 20.1 Å². The Labute approximate surface area is 460 Å². The lowest BCUT2D eigenvalue weighted by Crippen LogP contribution is -2.49.